The lowest BCUT2D eigenvalue weighted by Crippen LogP contribution is -2.53. The van der Waals surface area contributed by atoms with Gasteiger partial charge >= 0.3 is 11.9 Å². The predicted octanol–water partition coefficient (Wildman–Crippen LogP) is 12.5. The van der Waals surface area contributed by atoms with E-state index in [1.807, 2.05) is 6.08 Å². The molecule has 9 atom stereocenters. The molecule has 4 fully saturated rings. The molecule has 0 bridgehead atoms. The van der Waals surface area contributed by atoms with Crippen LogP contribution in [0.1, 0.15) is 156 Å². The third-order valence-electron chi connectivity index (χ3n) is 15.8. The Bertz CT molecular complexity index is 1730. The normalized spacial score (nSPS) is 29.8. The van der Waals surface area contributed by atoms with Crippen LogP contribution in [0, 0.1) is 69.8 Å². The highest BCUT2D eigenvalue weighted by molar-refractivity contribution is 5.96. The minimum atomic E-state index is -0.759. The summed E-state index contributed by atoms with van der Waals surface area (Å²) in [6, 6.07) is 5.55. The van der Waals surface area contributed by atoms with Gasteiger partial charge in [-0.05, 0) is 170 Å². The maximum atomic E-state index is 15.6. The van der Waals surface area contributed by atoms with Crippen LogP contribution in [0.2, 0.25) is 0 Å². The molecule has 4 saturated carbocycles. The van der Waals surface area contributed by atoms with E-state index in [0.717, 1.165) is 41.9 Å². The van der Waals surface area contributed by atoms with Gasteiger partial charge in [-0.25, -0.2) is 18.4 Å². The number of hydrogen-bond donors (Lipinski definition) is 0. The van der Waals surface area contributed by atoms with E-state index >= 15 is 8.78 Å². The molecule has 2 aromatic carbocycles. The van der Waals surface area contributed by atoms with E-state index in [1.54, 1.807) is 0 Å². The lowest BCUT2D eigenvalue weighted by Gasteiger charge is -2.61. The number of halogens is 2. The van der Waals surface area contributed by atoms with Gasteiger partial charge in [-0.1, -0.05) is 60.0 Å². The second-order valence-corrected chi connectivity index (χ2v) is 19.1. The zero-order valence-corrected chi connectivity index (χ0v) is 36.1. The fourth-order valence-corrected chi connectivity index (χ4v) is 12.9. The van der Waals surface area contributed by atoms with Crippen LogP contribution < -0.4 is 9.47 Å². The molecule has 0 N–H and O–H groups in total. The molecule has 0 heterocycles. The summed E-state index contributed by atoms with van der Waals surface area (Å²) >= 11 is 0. The smallest absolute Gasteiger partial charge is 0.341 e. The molecule has 57 heavy (non-hydrogen) atoms. The molecule has 314 valence electrons. The van der Waals surface area contributed by atoms with Crippen LogP contribution in [-0.2, 0) is 9.47 Å². The molecule has 2 aromatic rings. The first-order valence-corrected chi connectivity index (χ1v) is 21.8. The quantitative estimate of drug-likeness (QED) is 0.178. The van der Waals surface area contributed by atoms with Gasteiger partial charge in [-0.15, -0.1) is 0 Å². The van der Waals surface area contributed by atoms with E-state index in [1.165, 1.54) is 130 Å². The molecule has 4 aliphatic carbocycles. The number of benzene rings is 2. The molecule has 4 aliphatic rings. The van der Waals surface area contributed by atoms with Gasteiger partial charge in [0.2, 0.25) is 0 Å². The third-order valence-corrected chi connectivity index (χ3v) is 15.8. The van der Waals surface area contributed by atoms with Crippen molar-refractivity contribution in [2.24, 2.45) is 58.2 Å². The van der Waals surface area contributed by atoms with Crippen molar-refractivity contribution in [2.45, 2.75) is 125 Å². The van der Waals surface area contributed by atoms with Gasteiger partial charge in [0, 0.05) is 0 Å². The van der Waals surface area contributed by atoms with Gasteiger partial charge in [-0.3, -0.25) is 0 Å². The number of esters is 2. The molecule has 9 unspecified atom stereocenters. The molecule has 6 rings (SSSR count). The molecule has 0 radical (unpaired) electrons. The van der Waals surface area contributed by atoms with E-state index in [0.29, 0.717) is 45.8 Å². The lowest BCUT2D eigenvalue weighted by atomic mass is 9.44. The summed E-state index contributed by atoms with van der Waals surface area (Å²) in [7, 11) is 5.02. The van der Waals surface area contributed by atoms with Gasteiger partial charge in [0.15, 0.2) is 23.1 Å². The Morgan fingerprint density at radius 1 is 0.754 bits per heavy atom. The Balaban J connectivity index is 1.20. The molecule has 8 heteroatoms. The second kappa shape index (κ2) is 17.8. The van der Waals surface area contributed by atoms with Crippen molar-refractivity contribution in [2.75, 3.05) is 28.4 Å². The largest absolute Gasteiger partial charge is 0.493 e. The summed E-state index contributed by atoms with van der Waals surface area (Å²) in [5, 5.41) is 0. The van der Waals surface area contributed by atoms with Crippen molar-refractivity contribution in [1.29, 1.82) is 0 Å². The van der Waals surface area contributed by atoms with Gasteiger partial charge in [-0.2, -0.15) is 0 Å². The summed E-state index contributed by atoms with van der Waals surface area (Å²) in [6.07, 6.45) is 19.7. The van der Waals surface area contributed by atoms with E-state index < -0.39 is 23.6 Å². The van der Waals surface area contributed by atoms with Crippen molar-refractivity contribution in [1.82, 2.24) is 0 Å². The summed E-state index contributed by atoms with van der Waals surface area (Å²) in [4.78, 5) is 25.5. The maximum absolute atomic E-state index is 15.6. The van der Waals surface area contributed by atoms with Crippen LogP contribution in [0.5, 0.6) is 11.5 Å². The van der Waals surface area contributed by atoms with Gasteiger partial charge in [0.1, 0.15) is 11.1 Å². The summed E-state index contributed by atoms with van der Waals surface area (Å²) in [5.74, 6) is 2.82. The monoisotopic (exact) mass is 790 g/mol. The summed E-state index contributed by atoms with van der Waals surface area (Å²) < 4.78 is 51.5. The summed E-state index contributed by atoms with van der Waals surface area (Å²) in [5.41, 5.74) is 1.88. The fourth-order valence-electron chi connectivity index (χ4n) is 12.9. The first-order chi connectivity index (χ1) is 27.2. The fraction of sp³-hybridized carbons (Fsp3) is 0.673. The number of methoxy groups -OCH3 is 4. The van der Waals surface area contributed by atoms with E-state index in [4.69, 9.17) is 18.9 Å². The minimum Gasteiger partial charge on any atom is -0.493 e. The first-order valence-electron chi connectivity index (χ1n) is 21.8. The molecular weight excluding hydrogens is 723 g/mol. The third kappa shape index (κ3) is 8.40. The van der Waals surface area contributed by atoms with Crippen LogP contribution >= 0.6 is 0 Å². The molecule has 0 saturated heterocycles. The summed E-state index contributed by atoms with van der Waals surface area (Å²) in [6.45, 7) is 12.6. The van der Waals surface area contributed by atoms with Gasteiger partial charge in [0.05, 0.1) is 28.4 Å². The van der Waals surface area contributed by atoms with Crippen molar-refractivity contribution in [3.63, 3.8) is 0 Å². The average molecular weight is 791 g/mol. The van der Waals surface area contributed by atoms with Crippen LogP contribution in [0.25, 0.3) is 5.57 Å². The molecular formula is C49H68F2O6. The standard InChI is InChI=1S/C49H68F2O6/c1-29(2)12-10-13-30(3)39-18-19-40-36-17-16-34-24-31(20-22-48(34,4)41(36)21-23-49(39,40)5)14-11-15-35(32-25-37(46(52)56-8)44(54-6)42(50)27-32)33-26-38(47(53)57-9)45(55-7)43(51)28-33/h15,25-31,34,36,39-41H,10-14,16-24H2,1-9H3. The van der Waals surface area contributed by atoms with Crippen molar-refractivity contribution in [3.05, 3.63) is 64.2 Å². The average Bonchev–Trinajstić information content (AvgIpc) is 3.55. The molecule has 6 nitrogen and oxygen atoms in total. The number of allylic oxidation sites excluding steroid dienone is 1. The number of carbonyl (C=O) groups excluding carboxylic acids is 2. The Labute approximate surface area is 340 Å². The molecule has 0 spiro atoms. The van der Waals surface area contributed by atoms with Crippen LogP contribution in [-0.4, -0.2) is 40.4 Å². The first kappa shape index (κ1) is 43.2. The van der Waals surface area contributed by atoms with E-state index in [9.17, 15) is 9.59 Å². The number of rotatable bonds is 14. The molecule has 0 amide bonds. The minimum absolute atomic E-state index is 0.0856. The van der Waals surface area contributed by atoms with Crippen molar-refractivity contribution in [3.8, 4) is 11.5 Å². The zero-order chi connectivity index (χ0) is 41.2. The highest BCUT2D eigenvalue weighted by atomic mass is 19.1. The zero-order valence-electron chi connectivity index (χ0n) is 36.1. The second-order valence-electron chi connectivity index (χ2n) is 19.1. The Kier molecular flexibility index (Phi) is 13.5. The molecule has 0 aliphatic heterocycles. The molecule has 0 aromatic heterocycles. The maximum Gasteiger partial charge on any atom is 0.341 e. The highest BCUT2D eigenvalue weighted by Crippen LogP contribution is 2.69. The topological polar surface area (TPSA) is 71.1 Å². The van der Waals surface area contributed by atoms with Gasteiger partial charge in [0.25, 0.3) is 0 Å². The van der Waals surface area contributed by atoms with Crippen LogP contribution in [0.4, 0.5) is 8.78 Å². The number of carbonyl (C=O) groups is 2. The van der Waals surface area contributed by atoms with Crippen LogP contribution in [0.3, 0.4) is 0 Å². The number of ether oxygens (including phenoxy) is 4. The van der Waals surface area contributed by atoms with Gasteiger partial charge < -0.3 is 18.9 Å². The van der Waals surface area contributed by atoms with Crippen LogP contribution in [0.15, 0.2) is 30.3 Å². The number of fused-ring (bicyclic) bond motifs is 5. The van der Waals surface area contributed by atoms with Crippen molar-refractivity contribution >= 4 is 17.5 Å². The van der Waals surface area contributed by atoms with E-state index in [2.05, 4.69) is 34.6 Å². The number of hydrogen-bond acceptors (Lipinski definition) is 6. The Morgan fingerprint density at radius 3 is 1.89 bits per heavy atom. The Morgan fingerprint density at radius 2 is 1.33 bits per heavy atom. The Hall–Kier alpha value is -3.42. The van der Waals surface area contributed by atoms with E-state index in [-0.39, 0.29) is 22.6 Å². The highest BCUT2D eigenvalue weighted by Gasteiger charge is 2.60. The van der Waals surface area contributed by atoms with Crippen molar-refractivity contribution < 1.29 is 37.3 Å². The SMILES string of the molecule is COC(=O)c1cc(C(=CCCC2CCC3(C)C(CCC4C3CCC3(C)C(C(C)CCCC(C)C)CCC43)C2)c2cc(F)c(OC)c(C(=O)OC)c2)cc(F)c1OC. The predicted molar refractivity (Wildman–Crippen MR) is 221 cm³/mol. The lowest BCUT2D eigenvalue weighted by molar-refractivity contribution is -0.121.